The molecule has 11 heavy (non-hydrogen) atoms. The molecule has 64 valence electrons. The summed E-state index contributed by atoms with van der Waals surface area (Å²) in [6.07, 6.45) is 8.69. The summed E-state index contributed by atoms with van der Waals surface area (Å²) < 4.78 is 0. The monoisotopic (exact) mass is 154 g/mol. The van der Waals surface area contributed by atoms with Crippen molar-refractivity contribution in [1.82, 2.24) is 0 Å². The second-order valence-corrected chi connectivity index (χ2v) is 3.72. The van der Waals surface area contributed by atoms with Gasteiger partial charge in [0, 0.05) is 5.92 Å². The molecule has 0 aromatic rings. The van der Waals surface area contributed by atoms with Crippen LogP contribution >= 0.6 is 0 Å². The lowest BCUT2D eigenvalue weighted by Crippen LogP contribution is -2.16. The molecule has 1 fully saturated rings. The Kier molecular flexibility index (Phi) is 3.61. The van der Waals surface area contributed by atoms with Gasteiger partial charge in [-0.15, -0.1) is 0 Å². The Balaban J connectivity index is 2.27. The lowest BCUT2D eigenvalue weighted by Gasteiger charge is -2.25. The van der Waals surface area contributed by atoms with Crippen molar-refractivity contribution in [2.45, 2.75) is 45.4 Å². The summed E-state index contributed by atoms with van der Waals surface area (Å²) in [5.74, 6) is 1.24. The van der Waals surface area contributed by atoms with Crippen molar-refractivity contribution >= 4 is 6.29 Å². The molecule has 0 spiro atoms. The third-order valence-corrected chi connectivity index (χ3v) is 2.71. The Bertz CT molecular complexity index is 118. The maximum absolute atomic E-state index is 10.5. The van der Waals surface area contributed by atoms with Gasteiger partial charge in [-0.25, -0.2) is 0 Å². The number of rotatable bonds is 3. The zero-order valence-corrected chi connectivity index (χ0v) is 7.38. The standard InChI is InChI=1S/C10H18O/c1-2-4-9-5-3-6-10(7-9)8-11/h8-10H,2-7H2,1H3/t9?,10-/m0/s1. The van der Waals surface area contributed by atoms with Crippen molar-refractivity contribution in [3.8, 4) is 0 Å². The first-order valence-electron chi connectivity index (χ1n) is 4.82. The van der Waals surface area contributed by atoms with Crippen LogP contribution in [0.15, 0.2) is 0 Å². The predicted molar refractivity (Wildman–Crippen MR) is 46.4 cm³/mol. The number of hydrogen-bond acceptors (Lipinski definition) is 1. The first-order chi connectivity index (χ1) is 5.36. The molecule has 1 aliphatic carbocycles. The highest BCUT2D eigenvalue weighted by molar-refractivity contribution is 5.53. The molecule has 0 saturated heterocycles. The number of aldehydes is 1. The average Bonchev–Trinajstić information content (AvgIpc) is 2.06. The van der Waals surface area contributed by atoms with Crippen LogP contribution in [-0.4, -0.2) is 6.29 Å². The molecule has 0 N–H and O–H groups in total. The van der Waals surface area contributed by atoms with E-state index in [2.05, 4.69) is 6.92 Å². The Morgan fingerprint density at radius 2 is 2.27 bits per heavy atom. The second kappa shape index (κ2) is 4.53. The maximum Gasteiger partial charge on any atom is 0.123 e. The molecule has 1 aliphatic rings. The SMILES string of the molecule is CCCC1CCC[C@H](C=O)C1. The molecule has 1 unspecified atom stereocenters. The van der Waals surface area contributed by atoms with Gasteiger partial charge in [-0.05, 0) is 18.8 Å². The van der Waals surface area contributed by atoms with Gasteiger partial charge in [0.1, 0.15) is 6.29 Å². The van der Waals surface area contributed by atoms with Crippen LogP contribution in [0.1, 0.15) is 45.4 Å². The lowest BCUT2D eigenvalue weighted by molar-refractivity contribution is -0.112. The Morgan fingerprint density at radius 1 is 1.45 bits per heavy atom. The molecule has 0 aromatic carbocycles. The molecule has 1 heteroatoms. The van der Waals surface area contributed by atoms with E-state index in [0.717, 1.165) is 25.0 Å². The Labute approximate surface area is 69.2 Å². The molecule has 1 nitrogen and oxygen atoms in total. The fraction of sp³-hybridized carbons (Fsp3) is 0.900. The smallest absolute Gasteiger partial charge is 0.123 e. The van der Waals surface area contributed by atoms with E-state index in [1.165, 1.54) is 25.7 Å². The summed E-state index contributed by atoms with van der Waals surface area (Å²) in [5.41, 5.74) is 0. The summed E-state index contributed by atoms with van der Waals surface area (Å²) in [6.45, 7) is 2.23. The van der Waals surface area contributed by atoms with Gasteiger partial charge in [-0.3, -0.25) is 0 Å². The fourth-order valence-electron chi connectivity index (χ4n) is 2.13. The van der Waals surface area contributed by atoms with E-state index in [9.17, 15) is 4.79 Å². The molecule has 1 saturated carbocycles. The third-order valence-electron chi connectivity index (χ3n) is 2.71. The van der Waals surface area contributed by atoms with Crippen molar-refractivity contribution in [1.29, 1.82) is 0 Å². The van der Waals surface area contributed by atoms with E-state index in [1.54, 1.807) is 0 Å². The van der Waals surface area contributed by atoms with Crippen LogP contribution in [0, 0.1) is 11.8 Å². The quantitative estimate of drug-likeness (QED) is 0.571. The molecule has 0 radical (unpaired) electrons. The van der Waals surface area contributed by atoms with Crippen LogP contribution in [-0.2, 0) is 4.79 Å². The molecule has 1 rings (SSSR count). The molecular weight excluding hydrogens is 136 g/mol. The van der Waals surface area contributed by atoms with Crippen molar-refractivity contribution in [2.24, 2.45) is 11.8 Å². The summed E-state index contributed by atoms with van der Waals surface area (Å²) >= 11 is 0. The minimum absolute atomic E-state index is 0.389. The second-order valence-electron chi connectivity index (χ2n) is 3.72. The number of hydrogen-bond donors (Lipinski definition) is 0. The van der Waals surface area contributed by atoms with Crippen LogP contribution in [0.4, 0.5) is 0 Å². The van der Waals surface area contributed by atoms with Gasteiger partial charge < -0.3 is 4.79 Å². The summed E-state index contributed by atoms with van der Waals surface area (Å²) in [6, 6.07) is 0. The van der Waals surface area contributed by atoms with Crippen molar-refractivity contribution in [2.75, 3.05) is 0 Å². The average molecular weight is 154 g/mol. The van der Waals surface area contributed by atoms with E-state index < -0.39 is 0 Å². The minimum Gasteiger partial charge on any atom is -0.303 e. The topological polar surface area (TPSA) is 17.1 Å². The van der Waals surface area contributed by atoms with Crippen molar-refractivity contribution in [3.05, 3.63) is 0 Å². The van der Waals surface area contributed by atoms with Gasteiger partial charge in [0.15, 0.2) is 0 Å². The predicted octanol–water partition coefficient (Wildman–Crippen LogP) is 2.79. The fourth-order valence-corrected chi connectivity index (χ4v) is 2.13. The van der Waals surface area contributed by atoms with E-state index in [4.69, 9.17) is 0 Å². The van der Waals surface area contributed by atoms with E-state index >= 15 is 0 Å². The van der Waals surface area contributed by atoms with Crippen LogP contribution in [0.25, 0.3) is 0 Å². The summed E-state index contributed by atoms with van der Waals surface area (Å²) in [4.78, 5) is 10.5. The molecule has 0 heterocycles. The van der Waals surface area contributed by atoms with Gasteiger partial charge in [0.05, 0.1) is 0 Å². The molecule has 0 aromatic heterocycles. The normalized spacial score (nSPS) is 31.7. The van der Waals surface area contributed by atoms with Crippen LogP contribution < -0.4 is 0 Å². The number of carbonyl (C=O) groups excluding carboxylic acids is 1. The van der Waals surface area contributed by atoms with Crippen LogP contribution in [0.3, 0.4) is 0 Å². The Morgan fingerprint density at radius 3 is 2.91 bits per heavy atom. The van der Waals surface area contributed by atoms with Gasteiger partial charge in [-0.2, -0.15) is 0 Å². The molecule has 0 bridgehead atoms. The van der Waals surface area contributed by atoms with E-state index in [-0.39, 0.29) is 0 Å². The zero-order valence-electron chi connectivity index (χ0n) is 7.38. The maximum atomic E-state index is 10.5. The first kappa shape index (κ1) is 8.76. The van der Waals surface area contributed by atoms with E-state index in [1.807, 2.05) is 0 Å². The summed E-state index contributed by atoms with van der Waals surface area (Å²) in [5, 5.41) is 0. The van der Waals surface area contributed by atoms with Gasteiger partial charge >= 0.3 is 0 Å². The number of carbonyl (C=O) groups is 1. The molecular formula is C10H18O. The van der Waals surface area contributed by atoms with Crippen molar-refractivity contribution in [3.63, 3.8) is 0 Å². The molecule has 0 amide bonds. The van der Waals surface area contributed by atoms with E-state index in [0.29, 0.717) is 5.92 Å². The van der Waals surface area contributed by atoms with Crippen molar-refractivity contribution < 1.29 is 4.79 Å². The van der Waals surface area contributed by atoms with Crippen LogP contribution in [0.2, 0.25) is 0 Å². The minimum atomic E-state index is 0.389. The molecule has 2 atom stereocenters. The largest absolute Gasteiger partial charge is 0.303 e. The molecule has 0 aliphatic heterocycles. The highest BCUT2D eigenvalue weighted by atomic mass is 16.1. The first-order valence-corrected chi connectivity index (χ1v) is 4.82. The summed E-state index contributed by atoms with van der Waals surface area (Å²) in [7, 11) is 0. The highest BCUT2D eigenvalue weighted by Crippen LogP contribution is 2.30. The zero-order chi connectivity index (χ0) is 8.10. The third kappa shape index (κ3) is 2.64. The Hall–Kier alpha value is -0.330. The van der Waals surface area contributed by atoms with Gasteiger partial charge in [0.2, 0.25) is 0 Å². The van der Waals surface area contributed by atoms with Gasteiger partial charge in [-0.1, -0.05) is 32.6 Å². The highest BCUT2D eigenvalue weighted by Gasteiger charge is 2.20. The van der Waals surface area contributed by atoms with Crippen LogP contribution in [0.5, 0.6) is 0 Å². The van der Waals surface area contributed by atoms with Gasteiger partial charge in [0.25, 0.3) is 0 Å². The lowest BCUT2D eigenvalue weighted by atomic mass is 9.80.